The van der Waals surface area contributed by atoms with E-state index in [2.05, 4.69) is 10.1 Å². The number of hydrogen-bond donors (Lipinski definition) is 1. The Morgan fingerprint density at radius 2 is 1.78 bits per heavy atom. The van der Waals surface area contributed by atoms with E-state index in [9.17, 15) is 22.8 Å². The third-order valence-electron chi connectivity index (χ3n) is 3.09. The van der Waals surface area contributed by atoms with Crippen LogP contribution in [0.15, 0.2) is 42.5 Å². The zero-order valence-corrected chi connectivity index (χ0v) is 14.6. The second-order valence-corrected chi connectivity index (χ2v) is 5.48. The molecule has 0 saturated carbocycles. The molecule has 0 aliphatic carbocycles. The van der Waals surface area contributed by atoms with E-state index in [-0.39, 0.29) is 22.0 Å². The van der Waals surface area contributed by atoms with Crippen molar-refractivity contribution in [1.82, 2.24) is 0 Å². The molecule has 2 rings (SSSR count). The van der Waals surface area contributed by atoms with Crippen molar-refractivity contribution >= 4 is 29.2 Å². The fourth-order valence-electron chi connectivity index (χ4n) is 1.99. The predicted octanol–water partition coefficient (Wildman–Crippen LogP) is 4.04. The van der Waals surface area contributed by atoms with Gasteiger partial charge in [-0.1, -0.05) is 11.6 Å². The molecule has 0 heterocycles. The van der Waals surface area contributed by atoms with Gasteiger partial charge >= 0.3 is 12.3 Å². The van der Waals surface area contributed by atoms with E-state index in [0.29, 0.717) is 0 Å². The lowest BCUT2D eigenvalue weighted by atomic mass is 10.2. The molecule has 27 heavy (non-hydrogen) atoms. The number of esters is 1. The highest BCUT2D eigenvalue weighted by Gasteiger charge is 2.31. The fourth-order valence-corrected chi connectivity index (χ4v) is 2.16. The summed E-state index contributed by atoms with van der Waals surface area (Å²) in [5.74, 6) is -1.71. The molecule has 0 unspecified atom stereocenters. The topological polar surface area (TPSA) is 73.9 Å². The van der Waals surface area contributed by atoms with Crippen LogP contribution in [0.5, 0.6) is 11.5 Å². The van der Waals surface area contributed by atoms with Crippen molar-refractivity contribution in [3.05, 3.63) is 53.1 Å². The summed E-state index contributed by atoms with van der Waals surface area (Å²) in [6.07, 6.45) is -4.81. The highest BCUT2D eigenvalue weighted by molar-refractivity contribution is 6.31. The highest BCUT2D eigenvalue weighted by Crippen LogP contribution is 2.25. The second kappa shape index (κ2) is 8.63. The first-order valence-corrected chi connectivity index (χ1v) is 7.72. The summed E-state index contributed by atoms with van der Waals surface area (Å²) in [6.45, 7) is -0.616. The van der Waals surface area contributed by atoms with Crippen LogP contribution in [0.2, 0.25) is 5.02 Å². The Morgan fingerprint density at radius 3 is 2.37 bits per heavy atom. The van der Waals surface area contributed by atoms with Crippen LogP contribution < -0.4 is 14.8 Å². The van der Waals surface area contributed by atoms with E-state index in [0.717, 1.165) is 12.1 Å². The third-order valence-corrected chi connectivity index (χ3v) is 3.32. The zero-order chi connectivity index (χ0) is 20.0. The standard InChI is InChI=1S/C17H13ClF3NO5/c1-25-14-7-2-10(18)8-13(14)16(24)26-9-15(23)22-11-3-5-12(6-4-11)27-17(19,20)21/h2-8H,9H2,1H3,(H,22,23). The Hall–Kier alpha value is -2.94. The molecule has 10 heteroatoms. The maximum atomic E-state index is 12.1. The Kier molecular flexibility index (Phi) is 6.51. The minimum atomic E-state index is -4.81. The van der Waals surface area contributed by atoms with Gasteiger partial charge in [0.05, 0.1) is 7.11 Å². The molecule has 0 aliphatic rings. The molecule has 0 radical (unpaired) electrons. The monoisotopic (exact) mass is 403 g/mol. The van der Waals surface area contributed by atoms with Gasteiger partial charge in [-0.3, -0.25) is 4.79 Å². The molecule has 0 atom stereocenters. The number of halogens is 4. The Morgan fingerprint density at radius 1 is 1.11 bits per heavy atom. The van der Waals surface area contributed by atoms with Crippen molar-refractivity contribution in [1.29, 1.82) is 0 Å². The molecule has 2 aromatic carbocycles. The van der Waals surface area contributed by atoms with Gasteiger partial charge in [0.2, 0.25) is 0 Å². The molecule has 0 bridgehead atoms. The Labute approximate surface area is 156 Å². The van der Waals surface area contributed by atoms with Crippen molar-refractivity contribution in [3.8, 4) is 11.5 Å². The molecule has 0 fully saturated rings. The number of carbonyl (C=O) groups is 2. The number of amides is 1. The Bertz CT molecular complexity index is 824. The van der Waals surface area contributed by atoms with Gasteiger partial charge in [-0.05, 0) is 42.5 Å². The summed E-state index contributed by atoms with van der Waals surface area (Å²) in [7, 11) is 1.36. The van der Waals surface area contributed by atoms with E-state index in [4.69, 9.17) is 21.1 Å². The van der Waals surface area contributed by atoms with Crippen molar-refractivity contribution in [3.63, 3.8) is 0 Å². The van der Waals surface area contributed by atoms with Crippen LogP contribution in [0.3, 0.4) is 0 Å². The minimum Gasteiger partial charge on any atom is -0.496 e. The molecular weight excluding hydrogens is 391 g/mol. The molecule has 0 aromatic heterocycles. The first kappa shape index (κ1) is 20.4. The largest absolute Gasteiger partial charge is 0.573 e. The van der Waals surface area contributed by atoms with Crippen LogP contribution in [0.4, 0.5) is 18.9 Å². The lowest BCUT2D eigenvalue weighted by Gasteiger charge is -2.11. The molecule has 2 aromatic rings. The number of nitrogens with one attached hydrogen (secondary N) is 1. The SMILES string of the molecule is COc1ccc(Cl)cc1C(=O)OCC(=O)Nc1ccc(OC(F)(F)F)cc1. The van der Waals surface area contributed by atoms with E-state index in [1.165, 1.54) is 37.4 Å². The summed E-state index contributed by atoms with van der Waals surface area (Å²) in [5, 5.41) is 2.65. The molecule has 0 spiro atoms. The number of ether oxygens (including phenoxy) is 3. The summed E-state index contributed by atoms with van der Waals surface area (Å²) >= 11 is 5.82. The number of alkyl halides is 3. The summed E-state index contributed by atoms with van der Waals surface area (Å²) in [4.78, 5) is 23.9. The van der Waals surface area contributed by atoms with E-state index in [1.54, 1.807) is 0 Å². The Balaban J connectivity index is 1.91. The fraction of sp³-hybridized carbons (Fsp3) is 0.176. The molecular formula is C17H13ClF3NO5. The van der Waals surface area contributed by atoms with Crippen LogP contribution in [0, 0.1) is 0 Å². The van der Waals surface area contributed by atoms with E-state index < -0.39 is 30.6 Å². The van der Waals surface area contributed by atoms with Gasteiger partial charge < -0.3 is 19.5 Å². The van der Waals surface area contributed by atoms with Gasteiger partial charge in [-0.15, -0.1) is 13.2 Å². The number of anilines is 1. The average molecular weight is 404 g/mol. The van der Waals surface area contributed by atoms with Gasteiger partial charge in [0.1, 0.15) is 17.1 Å². The predicted molar refractivity (Wildman–Crippen MR) is 90.0 cm³/mol. The van der Waals surface area contributed by atoms with Crippen molar-refractivity contribution < 1.29 is 37.0 Å². The first-order valence-electron chi connectivity index (χ1n) is 7.34. The van der Waals surface area contributed by atoms with Crippen LogP contribution in [0.1, 0.15) is 10.4 Å². The minimum absolute atomic E-state index is 0.0476. The van der Waals surface area contributed by atoms with Gasteiger partial charge in [0, 0.05) is 10.7 Å². The van der Waals surface area contributed by atoms with Crippen LogP contribution in [0.25, 0.3) is 0 Å². The molecule has 1 N–H and O–H groups in total. The molecule has 1 amide bonds. The van der Waals surface area contributed by atoms with Gasteiger partial charge in [0.25, 0.3) is 5.91 Å². The van der Waals surface area contributed by atoms with E-state index in [1.807, 2.05) is 0 Å². The molecule has 144 valence electrons. The quantitative estimate of drug-likeness (QED) is 0.737. The van der Waals surface area contributed by atoms with Gasteiger partial charge in [-0.2, -0.15) is 0 Å². The first-order chi connectivity index (χ1) is 12.7. The maximum Gasteiger partial charge on any atom is 0.573 e. The number of carbonyl (C=O) groups excluding carboxylic acids is 2. The van der Waals surface area contributed by atoms with Crippen molar-refractivity contribution in [2.45, 2.75) is 6.36 Å². The van der Waals surface area contributed by atoms with Crippen molar-refractivity contribution in [2.75, 3.05) is 19.0 Å². The summed E-state index contributed by atoms with van der Waals surface area (Å²) in [5.41, 5.74) is 0.248. The average Bonchev–Trinajstić information content (AvgIpc) is 2.60. The van der Waals surface area contributed by atoms with Crippen LogP contribution >= 0.6 is 11.6 Å². The number of hydrogen-bond acceptors (Lipinski definition) is 5. The molecule has 0 saturated heterocycles. The normalized spacial score (nSPS) is 10.9. The highest BCUT2D eigenvalue weighted by atomic mass is 35.5. The lowest BCUT2D eigenvalue weighted by molar-refractivity contribution is -0.274. The summed E-state index contributed by atoms with van der Waals surface area (Å²) < 4.78 is 49.9. The maximum absolute atomic E-state index is 12.1. The second-order valence-electron chi connectivity index (χ2n) is 5.04. The van der Waals surface area contributed by atoms with Crippen LogP contribution in [-0.2, 0) is 9.53 Å². The molecule has 0 aliphatic heterocycles. The summed E-state index contributed by atoms with van der Waals surface area (Å²) in [6, 6.07) is 8.82. The van der Waals surface area contributed by atoms with Crippen molar-refractivity contribution in [2.24, 2.45) is 0 Å². The number of rotatable bonds is 6. The zero-order valence-electron chi connectivity index (χ0n) is 13.8. The number of methoxy groups -OCH3 is 1. The lowest BCUT2D eigenvalue weighted by Crippen LogP contribution is -2.21. The van der Waals surface area contributed by atoms with Crippen LogP contribution in [-0.4, -0.2) is 32.0 Å². The van der Waals surface area contributed by atoms with Gasteiger partial charge in [0.15, 0.2) is 6.61 Å². The smallest absolute Gasteiger partial charge is 0.496 e. The third kappa shape index (κ3) is 6.37. The van der Waals surface area contributed by atoms with E-state index >= 15 is 0 Å². The number of benzene rings is 2. The molecule has 6 nitrogen and oxygen atoms in total. The van der Waals surface area contributed by atoms with Gasteiger partial charge in [-0.25, -0.2) is 4.79 Å².